The van der Waals surface area contributed by atoms with Crippen molar-refractivity contribution in [2.24, 2.45) is 5.73 Å². The third-order valence-electron chi connectivity index (χ3n) is 4.40. The minimum Gasteiger partial charge on any atom is -0.464 e. The number of carbonyl (C=O) groups is 3. The topological polar surface area (TPSA) is 124 Å². The molecule has 30 heavy (non-hydrogen) atoms. The second kappa shape index (κ2) is 10.2. The predicted octanol–water partition coefficient (Wildman–Crippen LogP) is 2.21. The molecule has 0 fully saturated rings. The van der Waals surface area contributed by atoms with Crippen LogP contribution in [0.4, 0.5) is 0 Å². The number of rotatable bonds is 9. The quantitative estimate of drug-likeness (QED) is 0.538. The predicted molar refractivity (Wildman–Crippen MR) is 114 cm³/mol. The Bertz CT molecular complexity index is 884. The highest BCUT2D eigenvalue weighted by molar-refractivity contribution is 5.87. The maximum Gasteiger partial charge on any atom is 0.328 e. The summed E-state index contributed by atoms with van der Waals surface area (Å²) in [5.41, 5.74) is 7.03. The van der Waals surface area contributed by atoms with Crippen LogP contribution in [0.5, 0.6) is 0 Å². The molecule has 0 radical (unpaired) electrons. The number of aromatic nitrogens is 1. The summed E-state index contributed by atoms with van der Waals surface area (Å²) in [5, 5.41) is 3.69. The van der Waals surface area contributed by atoms with Gasteiger partial charge in [-0.1, -0.05) is 18.2 Å². The molecule has 0 aliphatic carbocycles. The highest BCUT2D eigenvalue weighted by atomic mass is 16.6. The molecule has 1 aromatic carbocycles. The van der Waals surface area contributed by atoms with Crippen LogP contribution in [0.2, 0.25) is 0 Å². The Morgan fingerprint density at radius 2 is 1.87 bits per heavy atom. The first-order chi connectivity index (χ1) is 14.1. The lowest BCUT2D eigenvalue weighted by atomic mass is 10.0. The number of ether oxygens (including phenoxy) is 2. The fourth-order valence-corrected chi connectivity index (χ4v) is 3.00. The lowest BCUT2D eigenvalue weighted by molar-refractivity contribution is -0.156. The molecule has 164 valence electrons. The van der Waals surface area contributed by atoms with Crippen molar-refractivity contribution >= 4 is 28.7 Å². The van der Waals surface area contributed by atoms with Crippen LogP contribution in [-0.2, 0) is 30.3 Å². The minimum atomic E-state index is -0.912. The van der Waals surface area contributed by atoms with Gasteiger partial charge in [0.15, 0.2) is 0 Å². The molecule has 2 rings (SSSR count). The molecule has 8 nitrogen and oxygen atoms in total. The van der Waals surface area contributed by atoms with Crippen LogP contribution < -0.4 is 11.1 Å². The number of nitrogens with one attached hydrogen (secondary N) is 2. The Kier molecular flexibility index (Phi) is 8.00. The van der Waals surface area contributed by atoms with E-state index in [4.69, 9.17) is 15.2 Å². The van der Waals surface area contributed by atoms with E-state index in [9.17, 15) is 14.4 Å². The summed E-state index contributed by atoms with van der Waals surface area (Å²) in [7, 11) is 0. The fraction of sp³-hybridized carbons (Fsp3) is 0.500. The molecule has 1 aromatic heterocycles. The van der Waals surface area contributed by atoms with Crippen molar-refractivity contribution in [3.05, 3.63) is 36.0 Å². The first kappa shape index (κ1) is 23.4. The second-order valence-electron chi connectivity index (χ2n) is 8.11. The fourth-order valence-electron chi connectivity index (χ4n) is 3.00. The highest BCUT2D eigenvalue weighted by Gasteiger charge is 2.26. The van der Waals surface area contributed by atoms with Gasteiger partial charge in [-0.3, -0.25) is 9.59 Å². The van der Waals surface area contributed by atoms with E-state index in [0.29, 0.717) is 0 Å². The van der Waals surface area contributed by atoms with E-state index in [1.807, 2.05) is 30.5 Å². The normalized spacial score (nSPS) is 13.5. The first-order valence-electron chi connectivity index (χ1n) is 10.1. The van der Waals surface area contributed by atoms with Gasteiger partial charge in [0, 0.05) is 29.9 Å². The molecule has 4 N–H and O–H groups in total. The smallest absolute Gasteiger partial charge is 0.328 e. The Morgan fingerprint density at radius 1 is 1.17 bits per heavy atom. The third kappa shape index (κ3) is 6.88. The van der Waals surface area contributed by atoms with E-state index >= 15 is 0 Å². The highest BCUT2D eigenvalue weighted by Crippen LogP contribution is 2.19. The molecular weight excluding hydrogens is 386 g/mol. The van der Waals surface area contributed by atoms with Crippen LogP contribution in [-0.4, -0.2) is 47.1 Å². The van der Waals surface area contributed by atoms with Crippen LogP contribution in [0.15, 0.2) is 30.5 Å². The maximum absolute atomic E-state index is 12.4. The van der Waals surface area contributed by atoms with Gasteiger partial charge >= 0.3 is 11.9 Å². The van der Waals surface area contributed by atoms with E-state index in [2.05, 4.69) is 10.3 Å². The lowest BCUT2D eigenvalue weighted by Gasteiger charge is -2.22. The number of hydrogen-bond acceptors (Lipinski definition) is 6. The Labute approximate surface area is 176 Å². The van der Waals surface area contributed by atoms with Crippen LogP contribution in [0.3, 0.4) is 0 Å². The number of fused-ring (bicyclic) bond motifs is 1. The van der Waals surface area contributed by atoms with E-state index in [1.165, 1.54) is 0 Å². The van der Waals surface area contributed by atoms with Crippen LogP contribution in [0.1, 0.15) is 46.1 Å². The summed E-state index contributed by atoms with van der Waals surface area (Å²) in [6, 6.07) is 5.97. The van der Waals surface area contributed by atoms with Gasteiger partial charge in [0.25, 0.3) is 0 Å². The standard InChI is InChI=1S/C22H31N3O5/c1-5-29-21(28)18(12-14-13-24-17-9-7-6-8-15(14)17)25-19(26)11-10-16(23)20(27)30-22(2,3)4/h6-9,13,16,18,24H,5,10-12,23H2,1-4H3,(H,25,26)/t16-,18-/m0/s1. The first-order valence-corrected chi connectivity index (χ1v) is 10.1. The summed E-state index contributed by atoms with van der Waals surface area (Å²) in [6.45, 7) is 7.17. The number of amides is 1. The van der Waals surface area contributed by atoms with Crippen molar-refractivity contribution in [2.75, 3.05) is 6.61 Å². The van der Waals surface area contributed by atoms with Crippen LogP contribution in [0.25, 0.3) is 10.9 Å². The number of nitrogens with two attached hydrogens (primary N) is 1. The monoisotopic (exact) mass is 417 g/mol. The number of aromatic amines is 1. The molecule has 2 atom stereocenters. The average Bonchev–Trinajstić information content (AvgIpc) is 3.07. The van der Waals surface area contributed by atoms with Gasteiger partial charge < -0.3 is 25.5 Å². The molecule has 1 heterocycles. The SMILES string of the molecule is CCOC(=O)[C@H](Cc1c[nH]c2ccccc12)NC(=O)CC[C@H](N)C(=O)OC(C)(C)C. The molecule has 0 saturated heterocycles. The summed E-state index contributed by atoms with van der Waals surface area (Å²) in [6.07, 6.45) is 2.21. The molecule has 0 spiro atoms. The molecular formula is C22H31N3O5. The molecule has 8 heteroatoms. The van der Waals surface area contributed by atoms with E-state index in [1.54, 1.807) is 27.7 Å². The third-order valence-corrected chi connectivity index (χ3v) is 4.40. The van der Waals surface area contributed by atoms with Crippen molar-refractivity contribution in [1.82, 2.24) is 10.3 Å². The van der Waals surface area contributed by atoms with Gasteiger partial charge in [0.05, 0.1) is 6.61 Å². The van der Waals surface area contributed by atoms with Gasteiger partial charge in [0.1, 0.15) is 17.7 Å². The van der Waals surface area contributed by atoms with Crippen molar-refractivity contribution in [2.45, 2.75) is 64.6 Å². The molecule has 0 aliphatic heterocycles. The van der Waals surface area contributed by atoms with E-state index < -0.39 is 29.6 Å². The summed E-state index contributed by atoms with van der Waals surface area (Å²) in [4.78, 5) is 40.0. The second-order valence-corrected chi connectivity index (χ2v) is 8.11. The zero-order valence-corrected chi connectivity index (χ0v) is 18.0. The number of esters is 2. The van der Waals surface area contributed by atoms with Crippen LogP contribution >= 0.6 is 0 Å². The molecule has 0 unspecified atom stereocenters. The maximum atomic E-state index is 12.4. The van der Waals surface area contributed by atoms with Gasteiger partial charge in [0.2, 0.25) is 5.91 Å². The zero-order chi connectivity index (χ0) is 22.3. The summed E-state index contributed by atoms with van der Waals surface area (Å²) >= 11 is 0. The number of carbonyl (C=O) groups excluding carboxylic acids is 3. The summed E-state index contributed by atoms with van der Waals surface area (Å²) < 4.78 is 10.3. The van der Waals surface area contributed by atoms with E-state index in [-0.39, 0.29) is 31.8 Å². The molecule has 2 aromatic rings. The lowest BCUT2D eigenvalue weighted by Crippen LogP contribution is -2.44. The molecule has 0 bridgehead atoms. The Hall–Kier alpha value is -2.87. The molecule has 1 amide bonds. The number of hydrogen-bond donors (Lipinski definition) is 3. The van der Waals surface area contributed by atoms with Gasteiger partial charge in [-0.15, -0.1) is 0 Å². The number of benzene rings is 1. The van der Waals surface area contributed by atoms with Crippen molar-refractivity contribution in [3.8, 4) is 0 Å². The minimum absolute atomic E-state index is 0.00972. The molecule has 0 saturated carbocycles. The van der Waals surface area contributed by atoms with Crippen LogP contribution in [0, 0.1) is 0 Å². The average molecular weight is 418 g/mol. The van der Waals surface area contributed by atoms with Crippen molar-refractivity contribution < 1.29 is 23.9 Å². The Balaban J connectivity index is 1.99. The summed E-state index contributed by atoms with van der Waals surface area (Å²) in [5.74, 6) is -1.45. The zero-order valence-electron chi connectivity index (χ0n) is 18.0. The van der Waals surface area contributed by atoms with Crippen molar-refractivity contribution in [3.63, 3.8) is 0 Å². The van der Waals surface area contributed by atoms with Gasteiger partial charge in [-0.05, 0) is 45.7 Å². The van der Waals surface area contributed by atoms with Crippen molar-refractivity contribution in [1.29, 1.82) is 0 Å². The molecule has 0 aliphatic rings. The Morgan fingerprint density at radius 3 is 2.53 bits per heavy atom. The largest absolute Gasteiger partial charge is 0.464 e. The van der Waals surface area contributed by atoms with E-state index in [0.717, 1.165) is 16.5 Å². The number of H-pyrrole nitrogens is 1. The number of para-hydroxylation sites is 1. The van der Waals surface area contributed by atoms with Gasteiger partial charge in [-0.25, -0.2) is 4.79 Å². The van der Waals surface area contributed by atoms with Gasteiger partial charge in [-0.2, -0.15) is 0 Å².